The van der Waals surface area contributed by atoms with Gasteiger partial charge in [0, 0.05) is 11.8 Å². The Labute approximate surface area is 75.7 Å². The van der Waals surface area contributed by atoms with Crippen molar-refractivity contribution in [3.8, 4) is 0 Å². The molecule has 0 aliphatic rings. The number of anilines is 1. The molecule has 0 bridgehead atoms. The van der Waals surface area contributed by atoms with Crippen LogP contribution in [0.2, 0.25) is 0 Å². The van der Waals surface area contributed by atoms with Gasteiger partial charge in [-0.2, -0.15) is 0 Å². The summed E-state index contributed by atoms with van der Waals surface area (Å²) in [5.74, 6) is 0. The third-order valence-electron chi connectivity index (χ3n) is 1.30. The molecule has 0 saturated heterocycles. The maximum atomic E-state index is 5.61. The number of hydrogen-bond donors (Lipinski definition) is 1. The summed E-state index contributed by atoms with van der Waals surface area (Å²) in [6, 6.07) is 7.79. The highest BCUT2D eigenvalue weighted by Crippen LogP contribution is 1.96. The normalized spacial score (nSPS) is 10.6. The number of nitrogens with two attached hydrogens (primary N) is 1. The maximum absolute atomic E-state index is 5.61. The zero-order valence-electron chi connectivity index (χ0n) is 7.37. The first kappa shape index (κ1) is 9.29. The third-order valence-corrected chi connectivity index (χ3v) is 2.44. The molecule has 2 nitrogen and oxygen atoms in total. The molecule has 1 aromatic rings. The quantitative estimate of drug-likeness (QED) is 0.553. The molecule has 2 radical (unpaired) electrons. The summed E-state index contributed by atoms with van der Waals surface area (Å²) >= 11 is 0. The molecule has 0 aliphatic carbocycles. The van der Waals surface area contributed by atoms with Crippen molar-refractivity contribution >= 4 is 20.6 Å². The van der Waals surface area contributed by atoms with Crippen molar-refractivity contribution in [3.63, 3.8) is 0 Å². The highest BCUT2D eigenvalue weighted by atomic mass is 28.2. The highest BCUT2D eigenvalue weighted by Gasteiger charge is 1.98. The molecule has 0 heterocycles. The fourth-order valence-corrected chi connectivity index (χ4v) is 1.55. The maximum Gasteiger partial charge on any atom is 0.269 e. The van der Waals surface area contributed by atoms with E-state index in [-0.39, 0.29) is 6.10 Å². The van der Waals surface area contributed by atoms with Gasteiger partial charge in [-0.05, 0) is 31.2 Å². The van der Waals surface area contributed by atoms with Crippen molar-refractivity contribution in [2.24, 2.45) is 0 Å². The third kappa shape index (κ3) is 3.07. The van der Waals surface area contributed by atoms with Crippen molar-refractivity contribution in [1.29, 1.82) is 0 Å². The van der Waals surface area contributed by atoms with Crippen molar-refractivity contribution in [1.82, 2.24) is 0 Å². The van der Waals surface area contributed by atoms with E-state index >= 15 is 0 Å². The SMILES string of the molecule is CC(C)O[Si]c1cccc(N)c1. The summed E-state index contributed by atoms with van der Waals surface area (Å²) in [5, 5.41) is 1.16. The molecule has 0 saturated carbocycles. The number of rotatable bonds is 3. The van der Waals surface area contributed by atoms with Crippen LogP contribution < -0.4 is 10.9 Å². The molecular weight excluding hydrogens is 166 g/mol. The molecule has 64 valence electrons. The van der Waals surface area contributed by atoms with E-state index in [2.05, 4.69) is 0 Å². The minimum atomic E-state index is 0.282. The molecule has 0 atom stereocenters. The zero-order valence-corrected chi connectivity index (χ0v) is 8.37. The second-order valence-electron chi connectivity index (χ2n) is 2.89. The Morgan fingerprint density at radius 3 is 2.75 bits per heavy atom. The van der Waals surface area contributed by atoms with E-state index in [1.807, 2.05) is 38.1 Å². The first-order valence-electron chi connectivity index (χ1n) is 3.95. The summed E-state index contributed by atoms with van der Waals surface area (Å²) in [6.45, 7) is 4.05. The van der Waals surface area contributed by atoms with Crippen LogP contribution in [0.25, 0.3) is 0 Å². The molecule has 2 N–H and O–H groups in total. The van der Waals surface area contributed by atoms with E-state index in [4.69, 9.17) is 10.2 Å². The molecule has 0 spiro atoms. The second kappa shape index (κ2) is 4.28. The van der Waals surface area contributed by atoms with Crippen LogP contribution in [0, 0.1) is 0 Å². The molecule has 3 heteroatoms. The standard InChI is InChI=1S/C9H13NOSi/c1-7(2)11-12-9-5-3-4-8(10)6-9/h3-7H,10H2,1-2H3. The molecule has 0 aliphatic heterocycles. The molecular formula is C9H13NOSi. The number of nitrogen functional groups attached to an aromatic ring is 1. The van der Waals surface area contributed by atoms with Gasteiger partial charge in [0.2, 0.25) is 0 Å². The molecule has 0 aromatic heterocycles. The lowest BCUT2D eigenvalue weighted by Gasteiger charge is -2.05. The van der Waals surface area contributed by atoms with Crippen molar-refractivity contribution in [2.45, 2.75) is 20.0 Å². The van der Waals surface area contributed by atoms with Gasteiger partial charge < -0.3 is 10.2 Å². The number of hydrogen-bond acceptors (Lipinski definition) is 2. The lowest BCUT2D eigenvalue weighted by atomic mass is 10.3. The van der Waals surface area contributed by atoms with Crippen molar-refractivity contribution in [3.05, 3.63) is 24.3 Å². The van der Waals surface area contributed by atoms with Gasteiger partial charge in [-0.3, -0.25) is 0 Å². The summed E-state index contributed by atoms with van der Waals surface area (Å²) in [6.07, 6.45) is 0.282. The Morgan fingerprint density at radius 2 is 2.17 bits per heavy atom. The first-order chi connectivity index (χ1) is 5.68. The fraction of sp³-hybridized carbons (Fsp3) is 0.333. The van der Waals surface area contributed by atoms with E-state index in [1.165, 1.54) is 0 Å². The molecule has 0 unspecified atom stereocenters. The van der Waals surface area contributed by atoms with Crippen LogP contribution in [-0.2, 0) is 4.43 Å². The minimum Gasteiger partial charge on any atom is -0.409 e. The average Bonchev–Trinajstić information content (AvgIpc) is 2.01. The minimum absolute atomic E-state index is 0.282. The lowest BCUT2D eigenvalue weighted by Crippen LogP contribution is -2.20. The molecule has 12 heavy (non-hydrogen) atoms. The zero-order chi connectivity index (χ0) is 8.97. The van der Waals surface area contributed by atoms with Gasteiger partial charge in [0.1, 0.15) is 0 Å². The largest absolute Gasteiger partial charge is 0.409 e. The van der Waals surface area contributed by atoms with Crippen LogP contribution in [0.15, 0.2) is 24.3 Å². The summed E-state index contributed by atoms with van der Waals surface area (Å²) in [5.41, 5.74) is 6.41. The Balaban J connectivity index is 2.52. The van der Waals surface area contributed by atoms with Gasteiger partial charge in [-0.25, -0.2) is 0 Å². The fourth-order valence-electron chi connectivity index (χ4n) is 0.788. The second-order valence-corrected chi connectivity index (χ2v) is 3.91. The van der Waals surface area contributed by atoms with Crippen LogP contribution in [0.1, 0.15) is 13.8 Å². The molecule has 0 amide bonds. The van der Waals surface area contributed by atoms with Crippen molar-refractivity contribution < 1.29 is 4.43 Å². The Kier molecular flexibility index (Phi) is 3.31. The van der Waals surface area contributed by atoms with Crippen molar-refractivity contribution in [2.75, 3.05) is 5.73 Å². The topological polar surface area (TPSA) is 35.2 Å². The Bertz CT molecular complexity index is 250. The van der Waals surface area contributed by atoms with Gasteiger partial charge >= 0.3 is 0 Å². The van der Waals surface area contributed by atoms with Gasteiger partial charge in [0.05, 0.1) is 0 Å². The van der Waals surface area contributed by atoms with Gasteiger partial charge in [-0.1, -0.05) is 12.1 Å². The molecule has 0 fully saturated rings. The van der Waals surface area contributed by atoms with Crippen LogP contribution in [0.3, 0.4) is 0 Å². The van der Waals surface area contributed by atoms with Gasteiger partial charge in [0.15, 0.2) is 0 Å². The van der Waals surface area contributed by atoms with E-state index in [9.17, 15) is 0 Å². The summed E-state index contributed by atoms with van der Waals surface area (Å²) < 4.78 is 5.46. The first-order valence-corrected chi connectivity index (χ1v) is 4.86. The summed E-state index contributed by atoms with van der Waals surface area (Å²) in [7, 11) is 0.401. The summed E-state index contributed by atoms with van der Waals surface area (Å²) in [4.78, 5) is 0. The van der Waals surface area contributed by atoms with Crippen LogP contribution >= 0.6 is 0 Å². The van der Waals surface area contributed by atoms with Crippen LogP contribution in [-0.4, -0.2) is 15.9 Å². The average molecular weight is 179 g/mol. The Hall–Kier alpha value is -0.803. The van der Waals surface area contributed by atoms with Gasteiger partial charge in [0.25, 0.3) is 9.76 Å². The van der Waals surface area contributed by atoms with Gasteiger partial charge in [-0.15, -0.1) is 0 Å². The predicted octanol–water partition coefficient (Wildman–Crippen LogP) is 0.938. The smallest absolute Gasteiger partial charge is 0.269 e. The van der Waals surface area contributed by atoms with E-state index in [1.54, 1.807) is 0 Å². The highest BCUT2D eigenvalue weighted by molar-refractivity contribution is 6.47. The van der Waals surface area contributed by atoms with E-state index in [0.29, 0.717) is 9.76 Å². The van der Waals surface area contributed by atoms with Crippen LogP contribution in [0.4, 0.5) is 5.69 Å². The predicted molar refractivity (Wildman–Crippen MR) is 52.5 cm³/mol. The van der Waals surface area contributed by atoms with E-state index in [0.717, 1.165) is 10.9 Å². The molecule has 1 aromatic carbocycles. The Morgan fingerprint density at radius 1 is 1.42 bits per heavy atom. The monoisotopic (exact) mass is 179 g/mol. The number of benzene rings is 1. The lowest BCUT2D eigenvalue weighted by molar-refractivity contribution is 0.260. The molecule has 1 rings (SSSR count). The van der Waals surface area contributed by atoms with Crippen LogP contribution in [0.5, 0.6) is 0 Å². The van der Waals surface area contributed by atoms with E-state index < -0.39 is 0 Å².